The summed E-state index contributed by atoms with van der Waals surface area (Å²) in [5.41, 5.74) is 1.65. The highest BCUT2D eigenvalue weighted by Crippen LogP contribution is 2.10. The van der Waals surface area contributed by atoms with E-state index in [1.807, 2.05) is 12.1 Å². The van der Waals surface area contributed by atoms with E-state index in [0.29, 0.717) is 12.1 Å². The van der Waals surface area contributed by atoms with Crippen LogP contribution < -0.4 is 5.32 Å². The summed E-state index contributed by atoms with van der Waals surface area (Å²) in [5, 5.41) is 15.4. The van der Waals surface area contributed by atoms with Crippen LogP contribution in [-0.4, -0.2) is 15.7 Å². The molecular weight excluding hydrogens is 355 g/mol. The lowest BCUT2D eigenvalue weighted by Gasteiger charge is -2.05. The van der Waals surface area contributed by atoms with Crippen molar-refractivity contribution in [3.63, 3.8) is 0 Å². The molecule has 0 radical (unpaired) electrons. The number of nitrogens with one attached hydrogen (secondary N) is 1. The third-order valence-corrected chi connectivity index (χ3v) is 2.99. The summed E-state index contributed by atoms with van der Waals surface area (Å²) in [6.07, 6.45) is 3.88. The molecule has 0 saturated carbocycles. The Morgan fingerprint density at radius 3 is 2.74 bits per heavy atom. The lowest BCUT2D eigenvalue weighted by Crippen LogP contribution is -2.18. The van der Waals surface area contributed by atoms with Crippen molar-refractivity contribution in [3.8, 4) is 6.07 Å². The third kappa shape index (κ3) is 4.06. The van der Waals surface area contributed by atoms with E-state index in [4.69, 9.17) is 5.26 Å². The fraction of sp³-hybridized carbons (Fsp3) is 0.154. The van der Waals surface area contributed by atoms with Gasteiger partial charge < -0.3 is 5.32 Å². The van der Waals surface area contributed by atoms with Gasteiger partial charge in [-0.1, -0.05) is 12.1 Å². The van der Waals surface area contributed by atoms with Gasteiger partial charge in [0.15, 0.2) is 0 Å². The zero-order chi connectivity index (χ0) is 13.7. The van der Waals surface area contributed by atoms with Crippen molar-refractivity contribution in [2.75, 3.05) is 5.32 Å². The van der Waals surface area contributed by atoms with E-state index < -0.39 is 0 Å². The van der Waals surface area contributed by atoms with Crippen LogP contribution >= 0.6 is 22.6 Å². The zero-order valence-electron chi connectivity index (χ0n) is 10.0. The summed E-state index contributed by atoms with van der Waals surface area (Å²) in [5.74, 6) is -0.132. The average molecular weight is 366 g/mol. The molecule has 2 rings (SSSR count). The van der Waals surface area contributed by atoms with E-state index in [0.717, 1.165) is 9.13 Å². The SMILES string of the molecule is N#CCc1ccc(NC(=O)Cn2cc(I)cn2)cc1. The topological polar surface area (TPSA) is 70.7 Å². The molecule has 1 aromatic heterocycles. The van der Waals surface area contributed by atoms with Crippen LogP contribution in [0.3, 0.4) is 0 Å². The second-order valence-corrected chi connectivity index (χ2v) is 5.18. The van der Waals surface area contributed by atoms with Crippen molar-refractivity contribution in [2.24, 2.45) is 0 Å². The number of nitrogens with zero attached hydrogens (tertiary/aromatic N) is 3. The molecule has 1 aromatic carbocycles. The largest absolute Gasteiger partial charge is 0.324 e. The molecule has 1 heterocycles. The molecule has 0 aliphatic heterocycles. The van der Waals surface area contributed by atoms with Crippen molar-refractivity contribution in [1.29, 1.82) is 5.26 Å². The molecule has 0 atom stereocenters. The number of amides is 1. The van der Waals surface area contributed by atoms with Gasteiger partial charge in [0.05, 0.1) is 22.3 Å². The molecule has 6 heteroatoms. The Kier molecular flexibility index (Phi) is 4.52. The van der Waals surface area contributed by atoms with Gasteiger partial charge in [-0.25, -0.2) is 0 Å². The minimum absolute atomic E-state index is 0.132. The van der Waals surface area contributed by atoms with E-state index in [1.54, 1.807) is 29.2 Å². The van der Waals surface area contributed by atoms with Gasteiger partial charge in [-0.05, 0) is 40.3 Å². The van der Waals surface area contributed by atoms with Crippen molar-refractivity contribution in [2.45, 2.75) is 13.0 Å². The van der Waals surface area contributed by atoms with E-state index in [9.17, 15) is 4.79 Å². The molecule has 0 spiro atoms. The fourth-order valence-electron chi connectivity index (χ4n) is 1.57. The number of aromatic nitrogens is 2. The Morgan fingerprint density at radius 1 is 1.42 bits per heavy atom. The van der Waals surface area contributed by atoms with E-state index in [-0.39, 0.29) is 12.5 Å². The first-order valence-corrected chi connectivity index (χ1v) is 6.69. The van der Waals surface area contributed by atoms with Crippen LogP contribution in [0.5, 0.6) is 0 Å². The monoisotopic (exact) mass is 366 g/mol. The molecule has 0 aliphatic carbocycles. The Labute approximate surface area is 124 Å². The number of carbonyl (C=O) groups is 1. The van der Waals surface area contributed by atoms with Crippen LogP contribution in [0.15, 0.2) is 36.7 Å². The maximum absolute atomic E-state index is 11.8. The summed E-state index contributed by atoms with van der Waals surface area (Å²) in [7, 11) is 0. The van der Waals surface area contributed by atoms with Crippen molar-refractivity contribution >= 4 is 34.2 Å². The summed E-state index contributed by atoms with van der Waals surface area (Å²) in [6.45, 7) is 0.183. The Balaban J connectivity index is 1.93. The highest BCUT2D eigenvalue weighted by Gasteiger charge is 2.04. The number of carbonyl (C=O) groups excluding carboxylic acids is 1. The first-order valence-electron chi connectivity index (χ1n) is 5.61. The van der Waals surface area contributed by atoms with Gasteiger partial charge in [0, 0.05) is 11.9 Å². The van der Waals surface area contributed by atoms with Gasteiger partial charge in [0.1, 0.15) is 6.54 Å². The summed E-state index contributed by atoms with van der Waals surface area (Å²) < 4.78 is 2.58. The van der Waals surface area contributed by atoms with Crippen LogP contribution in [-0.2, 0) is 17.8 Å². The zero-order valence-corrected chi connectivity index (χ0v) is 12.2. The third-order valence-electron chi connectivity index (χ3n) is 2.43. The number of hydrogen-bond acceptors (Lipinski definition) is 3. The molecule has 0 aliphatic rings. The quantitative estimate of drug-likeness (QED) is 0.844. The normalized spacial score (nSPS) is 9.89. The number of hydrogen-bond donors (Lipinski definition) is 1. The van der Waals surface area contributed by atoms with Gasteiger partial charge in [0.25, 0.3) is 0 Å². The highest BCUT2D eigenvalue weighted by molar-refractivity contribution is 14.1. The molecule has 5 nitrogen and oxygen atoms in total. The fourth-order valence-corrected chi connectivity index (χ4v) is 2.02. The predicted molar refractivity (Wildman–Crippen MR) is 79.3 cm³/mol. The van der Waals surface area contributed by atoms with Crippen molar-refractivity contribution in [1.82, 2.24) is 9.78 Å². The molecule has 0 fully saturated rings. The number of halogens is 1. The molecular formula is C13H11IN4O. The molecule has 0 saturated heterocycles. The molecule has 1 N–H and O–H groups in total. The van der Waals surface area contributed by atoms with Gasteiger partial charge in [-0.2, -0.15) is 10.4 Å². The van der Waals surface area contributed by atoms with Crippen LogP contribution in [0.1, 0.15) is 5.56 Å². The lowest BCUT2D eigenvalue weighted by atomic mass is 10.1. The Morgan fingerprint density at radius 2 is 2.16 bits per heavy atom. The van der Waals surface area contributed by atoms with Gasteiger partial charge in [-0.15, -0.1) is 0 Å². The average Bonchev–Trinajstić information content (AvgIpc) is 2.77. The van der Waals surface area contributed by atoms with E-state index >= 15 is 0 Å². The minimum Gasteiger partial charge on any atom is -0.324 e. The molecule has 0 unspecified atom stereocenters. The number of anilines is 1. The molecule has 2 aromatic rings. The first kappa shape index (κ1) is 13.5. The minimum atomic E-state index is -0.132. The van der Waals surface area contributed by atoms with Crippen LogP contribution in [0.25, 0.3) is 0 Å². The molecule has 1 amide bonds. The van der Waals surface area contributed by atoms with E-state index in [2.05, 4.69) is 39.1 Å². The molecule has 19 heavy (non-hydrogen) atoms. The number of rotatable bonds is 4. The summed E-state index contributed by atoms with van der Waals surface area (Å²) >= 11 is 2.14. The summed E-state index contributed by atoms with van der Waals surface area (Å²) in [4.78, 5) is 11.8. The number of benzene rings is 1. The standard InChI is InChI=1S/C13H11IN4O/c14-11-7-16-18(8-11)9-13(19)17-12-3-1-10(2-4-12)5-6-15/h1-4,7-8H,5,9H2,(H,17,19). The maximum atomic E-state index is 11.8. The second kappa shape index (κ2) is 6.33. The van der Waals surface area contributed by atoms with Crippen LogP contribution in [0.4, 0.5) is 5.69 Å². The Hall–Kier alpha value is -1.88. The maximum Gasteiger partial charge on any atom is 0.246 e. The smallest absolute Gasteiger partial charge is 0.246 e. The number of nitriles is 1. The predicted octanol–water partition coefficient (Wildman–Crippen LogP) is 2.19. The van der Waals surface area contributed by atoms with Gasteiger partial charge >= 0.3 is 0 Å². The first-order chi connectivity index (χ1) is 9.17. The van der Waals surface area contributed by atoms with Crippen molar-refractivity contribution in [3.05, 3.63) is 45.8 Å². The van der Waals surface area contributed by atoms with Gasteiger partial charge in [-0.3, -0.25) is 9.48 Å². The molecule has 96 valence electrons. The van der Waals surface area contributed by atoms with Gasteiger partial charge in [0.2, 0.25) is 5.91 Å². The summed E-state index contributed by atoms with van der Waals surface area (Å²) in [6, 6.07) is 9.32. The lowest BCUT2D eigenvalue weighted by molar-refractivity contribution is -0.116. The highest BCUT2D eigenvalue weighted by atomic mass is 127. The molecule has 0 bridgehead atoms. The van der Waals surface area contributed by atoms with Crippen molar-refractivity contribution < 1.29 is 4.79 Å². The van der Waals surface area contributed by atoms with E-state index in [1.165, 1.54) is 0 Å². The Bertz CT molecular complexity index is 612. The van der Waals surface area contributed by atoms with Crippen LogP contribution in [0, 0.1) is 14.9 Å². The second-order valence-electron chi connectivity index (χ2n) is 3.94. The van der Waals surface area contributed by atoms with Crippen LogP contribution in [0.2, 0.25) is 0 Å².